The molecule has 0 amide bonds. The quantitative estimate of drug-likeness (QED) is 0.749. The van der Waals surface area contributed by atoms with Crippen LogP contribution in [0.4, 0.5) is 0 Å². The predicted molar refractivity (Wildman–Crippen MR) is 79.7 cm³/mol. The maximum absolute atomic E-state index is 10.4. The SMILES string of the molecule is OC(c1ncn(CCCOCC2CC2)n1)C1CCCCC1. The van der Waals surface area contributed by atoms with Gasteiger partial charge in [0, 0.05) is 19.8 Å². The fourth-order valence-corrected chi connectivity index (χ4v) is 3.08. The van der Waals surface area contributed by atoms with Gasteiger partial charge in [-0.25, -0.2) is 4.98 Å². The summed E-state index contributed by atoms with van der Waals surface area (Å²) in [5.74, 6) is 1.77. The van der Waals surface area contributed by atoms with E-state index < -0.39 is 6.10 Å². The normalized spacial score (nSPS) is 21.6. The number of nitrogens with zero attached hydrogens (tertiary/aromatic N) is 3. The number of hydrogen-bond donors (Lipinski definition) is 1. The lowest BCUT2D eigenvalue weighted by atomic mass is 9.85. The molecule has 1 aromatic heterocycles. The van der Waals surface area contributed by atoms with E-state index in [1.165, 1.54) is 32.1 Å². The van der Waals surface area contributed by atoms with Crippen LogP contribution in [-0.4, -0.2) is 33.1 Å². The minimum atomic E-state index is -0.488. The number of aromatic nitrogens is 3. The monoisotopic (exact) mass is 293 g/mol. The van der Waals surface area contributed by atoms with E-state index in [0.29, 0.717) is 11.7 Å². The zero-order chi connectivity index (χ0) is 14.5. The molecule has 0 aromatic carbocycles. The average molecular weight is 293 g/mol. The smallest absolute Gasteiger partial charge is 0.179 e. The van der Waals surface area contributed by atoms with Gasteiger partial charge in [-0.15, -0.1) is 0 Å². The zero-order valence-electron chi connectivity index (χ0n) is 12.8. The summed E-state index contributed by atoms with van der Waals surface area (Å²) < 4.78 is 7.45. The third-order valence-corrected chi connectivity index (χ3v) is 4.64. The van der Waals surface area contributed by atoms with Gasteiger partial charge < -0.3 is 9.84 Å². The second-order valence-electron chi connectivity index (χ2n) is 6.58. The molecule has 2 aliphatic rings. The lowest BCUT2D eigenvalue weighted by Gasteiger charge is -2.24. The molecule has 0 aliphatic heterocycles. The molecule has 0 spiro atoms. The van der Waals surface area contributed by atoms with Gasteiger partial charge in [0.15, 0.2) is 5.82 Å². The molecule has 5 heteroatoms. The van der Waals surface area contributed by atoms with E-state index in [1.54, 1.807) is 6.33 Å². The maximum atomic E-state index is 10.4. The van der Waals surface area contributed by atoms with E-state index in [9.17, 15) is 5.11 Å². The molecule has 1 atom stereocenters. The van der Waals surface area contributed by atoms with E-state index in [-0.39, 0.29) is 0 Å². The van der Waals surface area contributed by atoms with Crippen molar-refractivity contribution >= 4 is 0 Å². The summed E-state index contributed by atoms with van der Waals surface area (Å²) in [6.45, 7) is 2.52. The minimum absolute atomic E-state index is 0.344. The van der Waals surface area contributed by atoms with Crippen LogP contribution >= 0.6 is 0 Å². The molecule has 1 unspecified atom stereocenters. The number of rotatable bonds is 8. The van der Waals surface area contributed by atoms with Crippen molar-refractivity contribution in [2.75, 3.05) is 13.2 Å². The van der Waals surface area contributed by atoms with Crippen LogP contribution in [0, 0.1) is 11.8 Å². The van der Waals surface area contributed by atoms with Gasteiger partial charge in [-0.2, -0.15) is 5.10 Å². The van der Waals surface area contributed by atoms with Crippen LogP contribution in [0.15, 0.2) is 6.33 Å². The van der Waals surface area contributed by atoms with Crippen LogP contribution in [-0.2, 0) is 11.3 Å². The van der Waals surface area contributed by atoms with E-state index in [0.717, 1.165) is 44.9 Å². The highest BCUT2D eigenvalue weighted by Gasteiger charge is 2.25. The van der Waals surface area contributed by atoms with Gasteiger partial charge in [0.05, 0.1) is 0 Å². The van der Waals surface area contributed by atoms with Gasteiger partial charge in [0.2, 0.25) is 0 Å². The first-order valence-corrected chi connectivity index (χ1v) is 8.48. The van der Waals surface area contributed by atoms with Crippen LogP contribution in [0.1, 0.15) is 63.3 Å². The Balaban J connectivity index is 1.39. The van der Waals surface area contributed by atoms with Gasteiger partial charge in [0.25, 0.3) is 0 Å². The fraction of sp³-hybridized carbons (Fsp3) is 0.875. The molecule has 5 nitrogen and oxygen atoms in total. The van der Waals surface area contributed by atoms with Crippen molar-refractivity contribution in [2.45, 2.75) is 64.0 Å². The Morgan fingerprint density at radius 2 is 2.05 bits per heavy atom. The fourth-order valence-electron chi connectivity index (χ4n) is 3.08. The molecule has 2 saturated carbocycles. The Morgan fingerprint density at radius 1 is 1.24 bits per heavy atom. The zero-order valence-corrected chi connectivity index (χ0v) is 12.8. The van der Waals surface area contributed by atoms with Crippen molar-refractivity contribution in [1.82, 2.24) is 14.8 Å². The number of hydrogen-bond acceptors (Lipinski definition) is 4. The molecular weight excluding hydrogens is 266 g/mol. The highest BCUT2D eigenvalue weighted by molar-refractivity contribution is 4.92. The van der Waals surface area contributed by atoms with Gasteiger partial charge in [-0.3, -0.25) is 4.68 Å². The summed E-state index contributed by atoms with van der Waals surface area (Å²) in [4.78, 5) is 4.29. The second-order valence-corrected chi connectivity index (χ2v) is 6.58. The summed E-state index contributed by atoms with van der Waals surface area (Å²) in [6, 6.07) is 0. The Bertz CT molecular complexity index is 425. The van der Waals surface area contributed by atoms with Crippen LogP contribution in [0.5, 0.6) is 0 Å². The minimum Gasteiger partial charge on any atom is -0.385 e. The lowest BCUT2D eigenvalue weighted by Crippen LogP contribution is -2.17. The maximum Gasteiger partial charge on any atom is 0.179 e. The van der Waals surface area contributed by atoms with Crippen molar-refractivity contribution in [3.05, 3.63) is 12.2 Å². The highest BCUT2D eigenvalue weighted by atomic mass is 16.5. The molecule has 0 bridgehead atoms. The van der Waals surface area contributed by atoms with Crippen molar-refractivity contribution in [3.8, 4) is 0 Å². The molecule has 118 valence electrons. The van der Waals surface area contributed by atoms with Crippen LogP contribution in [0.3, 0.4) is 0 Å². The van der Waals surface area contributed by atoms with Crippen molar-refractivity contribution in [2.24, 2.45) is 11.8 Å². The number of aryl methyl sites for hydroxylation is 1. The van der Waals surface area contributed by atoms with Crippen molar-refractivity contribution < 1.29 is 9.84 Å². The largest absolute Gasteiger partial charge is 0.385 e. The van der Waals surface area contributed by atoms with Crippen molar-refractivity contribution in [3.63, 3.8) is 0 Å². The summed E-state index contributed by atoms with van der Waals surface area (Å²) in [7, 11) is 0. The topological polar surface area (TPSA) is 60.2 Å². The standard InChI is InChI=1S/C16H27N3O2/c20-15(14-5-2-1-3-6-14)16-17-12-19(18-16)9-4-10-21-11-13-7-8-13/h12-15,20H,1-11H2. The second kappa shape index (κ2) is 7.36. The third kappa shape index (κ3) is 4.51. The molecule has 1 heterocycles. The van der Waals surface area contributed by atoms with E-state index in [4.69, 9.17) is 4.74 Å². The molecule has 0 radical (unpaired) electrons. The van der Waals surface area contributed by atoms with E-state index in [1.807, 2.05) is 4.68 Å². The third-order valence-electron chi connectivity index (χ3n) is 4.64. The van der Waals surface area contributed by atoms with Crippen molar-refractivity contribution in [1.29, 1.82) is 0 Å². The molecular formula is C16H27N3O2. The summed E-state index contributed by atoms with van der Waals surface area (Å²) in [5, 5.41) is 14.8. The van der Waals surface area contributed by atoms with Gasteiger partial charge in [0.1, 0.15) is 12.4 Å². The highest BCUT2D eigenvalue weighted by Crippen LogP contribution is 2.32. The summed E-state index contributed by atoms with van der Waals surface area (Å²) in [6.07, 6.45) is 10.8. The van der Waals surface area contributed by atoms with Crippen LogP contribution < -0.4 is 0 Å². The number of aliphatic hydroxyl groups is 1. The van der Waals surface area contributed by atoms with Gasteiger partial charge >= 0.3 is 0 Å². The Morgan fingerprint density at radius 3 is 2.81 bits per heavy atom. The van der Waals surface area contributed by atoms with Gasteiger partial charge in [-0.1, -0.05) is 19.3 Å². The summed E-state index contributed by atoms with van der Waals surface area (Å²) in [5.41, 5.74) is 0. The van der Waals surface area contributed by atoms with E-state index in [2.05, 4.69) is 10.1 Å². The molecule has 0 saturated heterocycles. The Labute approximate surface area is 126 Å². The number of aliphatic hydroxyl groups excluding tert-OH is 1. The average Bonchev–Trinajstić information content (AvgIpc) is 3.23. The van der Waals surface area contributed by atoms with Crippen LogP contribution in [0.2, 0.25) is 0 Å². The lowest BCUT2D eigenvalue weighted by molar-refractivity contribution is 0.0768. The van der Waals surface area contributed by atoms with Crippen LogP contribution in [0.25, 0.3) is 0 Å². The first-order chi connectivity index (χ1) is 10.3. The molecule has 2 aliphatic carbocycles. The molecule has 1 N–H and O–H groups in total. The number of ether oxygens (including phenoxy) is 1. The molecule has 2 fully saturated rings. The Hall–Kier alpha value is -0.940. The molecule has 21 heavy (non-hydrogen) atoms. The molecule has 3 rings (SSSR count). The Kier molecular flexibility index (Phi) is 5.25. The van der Waals surface area contributed by atoms with E-state index >= 15 is 0 Å². The molecule has 1 aromatic rings. The first-order valence-electron chi connectivity index (χ1n) is 8.48. The summed E-state index contributed by atoms with van der Waals surface area (Å²) >= 11 is 0. The predicted octanol–water partition coefficient (Wildman–Crippen LogP) is 2.71. The first kappa shape index (κ1) is 15.0. The van der Waals surface area contributed by atoms with Gasteiger partial charge in [-0.05, 0) is 43.9 Å².